The van der Waals surface area contributed by atoms with Crippen LogP contribution in [0.4, 0.5) is 0 Å². The summed E-state index contributed by atoms with van der Waals surface area (Å²) in [5, 5.41) is 4.16. The molecule has 1 heterocycles. The van der Waals surface area contributed by atoms with E-state index >= 15 is 0 Å². The maximum absolute atomic E-state index is 11.7. The number of nitrogens with one attached hydrogen (secondary N) is 1. The highest BCUT2D eigenvalue weighted by molar-refractivity contribution is 7.87. The molecule has 0 radical (unpaired) electrons. The van der Waals surface area contributed by atoms with E-state index in [1.54, 1.807) is 10.9 Å². The molecule has 0 unspecified atom stereocenters. The standard InChI is InChI=1S/C13H18N4O2S/c1-16(2)20(18,19)15-10-12-6-3-4-7-13(12)11-17-9-5-8-14-17/h3-9,15H,10-11H2,1-2H3. The highest BCUT2D eigenvalue weighted by Gasteiger charge is 2.13. The first-order chi connectivity index (χ1) is 9.49. The Hall–Kier alpha value is -1.70. The Balaban J connectivity index is 2.12. The van der Waals surface area contributed by atoms with Gasteiger partial charge in [-0.3, -0.25) is 4.68 Å². The zero-order valence-electron chi connectivity index (χ0n) is 11.5. The first-order valence-corrected chi connectivity index (χ1v) is 7.64. The van der Waals surface area contributed by atoms with Gasteiger partial charge in [0.25, 0.3) is 10.2 Å². The number of hydrogen-bond acceptors (Lipinski definition) is 3. The van der Waals surface area contributed by atoms with E-state index < -0.39 is 10.2 Å². The Morgan fingerprint density at radius 3 is 2.50 bits per heavy atom. The van der Waals surface area contributed by atoms with Crippen molar-refractivity contribution in [2.75, 3.05) is 14.1 Å². The van der Waals surface area contributed by atoms with Gasteiger partial charge in [0.1, 0.15) is 0 Å². The van der Waals surface area contributed by atoms with Crippen LogP contribution >= 0.6 is 0 Å². The van der Waals surface area contributed by atoms with Gasteiger partial charge in [0.2, 0.25) is 0 Å². The summed E-state index contributed by atoms with van der Waals surface area (Å²) in [5.41, 5.74) is 1.98. The lowest BCUT2D eigenvalue weighted by Gasteiger charge is -2.14. The van der Waals surface area contributed by atoms with Crippen molar-refractivity contribution in [1.29, 1.82) is 0 Å². The Bertz CT molecular complexity index is 651. The molecule has 0 spiro atoms. The summed E-state index contributed by atoms with van der Waals surface area (Å²) in [7, 11) is -0.418. The molecule has 0 saturated carbocycles. The average Bonchev–Trinajstić information content (AvgIpc) is 2.90. The second-order valence-electron chi connectivity index (χ2n) is 4.58. The summed E-state index contributed by atoms with van der Waals surface area (Å²) in [4.78, 5) is 0. The van der Waals surface area contributed by atoms with E-state index in [0.29, 0.717) is 6.54 Å². The minimum atomic E-state index is -3.41. The molecular weight excluding hydrogens is 276 g/mol. The Morgan fingerprint density at radius 1 is 1.20 bits per heavy atom. The van der Waals surface area contributed by atoms with Crippen molar-refractivity contribution in [2.24, 2.45) is 0 Å². The van der Waals surface area contributed by atoms with Gasteiger partial charge < -0.3 is 0 Å². The maximum Gasteiger partial charge on any atom is 0.279 e. The molecule has 0 aliphatic heterocycles. The van der Waals surface area contributed by atoms with Crippen molar-refractivity contribution in [3.63, 3.8) is 0 Å². The van der Waals surface area contributed by atoms with E-state index in [2.05, 4.69) is 9.82 Å². The van der Waals surface area contributed by atoms with Crippen LogP contribution in [-0.4, -0.2) is 36.6 Å². The fourth-order valence-corrected chi connectivity index (χ4v) is 2.35. The lowest BCUT2D eigenvalue weighted by atomic mass is 10.1. The fraction of sp³-hybridized carbons (Fsp3) is 0.308. The maximum atomic E-state index is 11.7. The SMILES string of the molecule is CN(C)S(=O)(=O)NCc1ccccc1Cn1cccn1. The van der Waals surface area contributed by atoms with Gasteiger partial charge in [-0.15, -0.1) is 0 Å². The predicted octanol–water partition coefficient (Wildman–Crippen LogP) is 0.827. The monoisotopic (exact) mass is 294 g/mol. The van der Waals surface area contributed by atoms with E-state index in [9.17, 15) is 8.42 Å². The van der Waals surface area contributed by atoms with Gasteiger partial charge in [-0.05, 0) is 17.2 Å². The highest BCUT2D eigenvalue weighted by Crippen LogP contribution is 2.10. The summed E-state index contributed by atoms with van der Waals surface area (Å²) in [6, 6.07) is 9.57. The minimum absolute atomic E-state index is 0.262. The van der Waals surface area contributed by atoms with Crippen LogP contribution in [0.1, 0.15) is 11.1 Å². The number of hydrogen-bond donors (Lipinski definition) is 1. The summed E-state index contributed by atoms with van der Waals surface area (Å²) in [5.74, 6) is 0. The lowest BCUT2D eigenvalue weighted by Crippen LogP contribution is -2.35. The third-order valence-electron chi connectivity index (χ3n) is 2.94. The van der Waals surface area contributed by atoms with Crippen LogP contribution in [0.25, 0.3) is 0 Å². The molecule has 0 amide bonds. The van der Waals surface area contributed by atoms with Crippen molar-refractivity contribution >= 4 is 10.2 Å². The van der Waals surface area contributed by atoms with Crippen molar-refractivity contribution < 1.29 is 8.42 Å². The summed E-state index contributed by atoms with van der Waals surface area (Å²) >= 11 is 0. The number of aromatic nitrogens is 2. The van der Waals surface area contributed by atoms with Crippen molar-refractivity contribution in [1.82, 2.24) is 18.8 Å². The van der Waals surface area contributed by atoms with Crippen LogP contribution in [-0.2, 0) is 23.3 Å². The smallest absolute Gasteiger partial charge is 0.268 e. The molecule has 1 aromatic heterocycles. The van der Waals surface area contributed by atoms with Gasteiger partial charge in [0, 0.05) is 33.0 Å². The molecule has 2 rings (SSSR count). The number of rotatable bonds is 6. The van der Waals surface area contributed by atoms with Crippen molar-refractivity contribution in [3.8, 4) is 0 Å². The molecule has 7 heteroatoms. The van der Waals surface area contributed by atoms with Crippen LogP contribution in [0.15, 0.2) is 42.7 Å². The Morgan fingerprint density at radius 2 is 1.90 bits per heavy atom. The second kappa shape index (κ2) is 6.17. The third kappa shape index (κ3) is 3.66. The number of benzene rings is 1. The fourth-order valence-electron chi connectivity index (χ4n) is 1.75. The Labute approximate surface area is 119 Å². The zero-order valence-corrected chi connectivity index (χ0v) is 12.3. The second-order valence-corrected chi connectivity index (χ2v) is 6.55. The molecule has 0 atom stereocenters. The minimum Gasteiger partial charge on any atom is -0.268 e. The molecule has 108 valence electrons. The molecule has 6 nitrogen and oxygen atoms in total. The first kappa shape index (κ1) is 14.7. The topological polar surface area (TPSA) is 67.2 Å². The molecule has 1 aromatic carbocycles. The van der Waals surface area contributed by atoms with Gasteiger partial charge in [-0.25, -0.2) is 0 Å². The summed E-state index contributed by atoms with van der Waals surface area (Å²) in [6.45, 7) is 0.880. The normalized spacial score (nSPS) is 11.9. The molecule has 2 aromatic rings. The molecule has 0 aliphatic carbocycles. The van der Waals surface area contributed by atoms with E-state index in [1.165, 1.54) is 14.1 Å². The van der Waals surface area contributed by atoms with E-state index in [0.717, 1.165) is 15.4 Å². The van der Waals surface area contributed by atoms with Gasteiger partial charge >= 0.3 is 0 Å². The third-order valence-corrected chi connectivity index (χ3v) is 4.41. The van der Waals surface area contributed by atoms with Crippen LogP contribution in [0.2, 0.25) is 0 Å². The van der Waals surface area contributed by atoms with E-state index in [-0.39, 0.29) is 6.54 Å². The number of nitrogens with zero attached hydrogens (tertiary/aromatic N) is 3. The van der Waals surface area contributed by atoms with Crippen LogP contribution in [0, 0.1) is 0 Å². The average molecular weight is 294 g/mol. The van der Waals surface area contributed by atoms with Crippen LogP contribution in [0.5, 0.6) is 0 Å². The molecule has 1 N–H and O–H groups in total. The van der Waals surface area contributed by atoms with Crippen LogP contribution < -0.4 is 4.72 Å². The van der Waals surface area contributed by atoms with Crippen molar-refractivity contribution in [2.45, 2.75) is 13.1 Å². The molecular formula is C13H18N4O2S. The van der Waals surface area contributed by atoms with Crippen LogP contribution in [0.3, 0.4) is 0 Å². The van der Waals surface area contributed by atoms with Crippen molar-refractivity contribution in [3.05, 3.63) is 53.9 Å². The Kier molecular flexibility index (Phi) is 4.53. The quantitative estimate of drug-likeness (QED) is 0.858. The van der Waals surface area contributed by atoms with Gasteiger partial charge in [-0.2, -0.15) is 22.5 Å². The lowest BCUT2D eigenvalue weighted by molar-refractivity contribution is 0.505. The molecule has 0 saturated heterocycles. The summed E-state index contributed by atoms with van der Waals surface area (Å²) in [6.07, 6.45) is 3.60. The molecule has 0 bridgehead atoms. The molecule has 0 fully saturated rings. The van der Waals surface area contributed by atoms with Gasteiger partial charge in [0.05, 0.1) is 6.54 Å². The molecule has 0 aliphatic rings. The summed E-state index contributed by atoms with van der Waals surface area (Å²) < 4.78 is 29.0. The van der Waals surface area contributed by atoms with Gasteiger partial charge in [-0.1, -0.05) is 24.3 Å². The van der Waals surface area contributed by atoms with Gasteiger partial charge in [0.15, 0.2) is 0 Å². The molecule has 20 heavy (non-hydrogen) atoms. The first-order valence-electron chi connectivity index (χ1n) is 6.20. The zero-order chi connectivity index (χ0) is 14.6. The van der Waals surface area contributed by atoms with E-state index in [4.69, 9.17) is 0 Å². The van der Waals surface area contributed by atoms with E-state index in [1.807, 2.05) is 36.5 Å². The largest absolute Gasteiger partial charge is 0.279 e. The highest BCUT2D eigenvalue weighted by atomic mass is 32.2. The predicted molar refractivity (Wildman–Crippen MR) is 77.2 cm³/mol.